The van der Waals surface area contributed by atoms with E-state index in [1.165, 1.54) is 10.6 Å². The van der Waals surface area contributed by atoms with Crippen LogP contribution in [0.25, 0.3) is 0 Å². The molecular weight excluding hydrogens is 344 g/mol. The number of amides is 2. The van der Waals surface area contributed by atoms with Crippen LogP contribution < -0.4 is 10.2 Å². The van der Waals surface area contributed by atoms with Crippen LogP contribution in [0, 0.1) is 0 Å². The molecule has 1 atom stereocenters. The molecular formula is C15H24N6O3S. The molecule has 10 heteroatoms. The number of rotatable bonds is 3. The highest BCUT2D eigenvalue weighted by molar-refractivity contribution is 7.88. The third kappa shape index (κ3) is 4.57. The van der Waals surface area contributed by atoms with Crippen molar-refractivity contribution >= 4 is 21.9 Å². The standard InChI is InChI=1S/C15H24N6O3S/c1-25(23,24)21-6-2-3-13(12-21)18-15(22)20-9-7-19(8-10-20)14-11-16-4-5-17-14/h4-5,11,13H,2-3,6-10,12H2,1H3,(H,18,22). The van der Waals surface area contributed by atoms with Crippen LogP contribution >= 0.6 is 0 Å². The molecule has 3 heterocycles. The fourth-order valence-electron chi connectivity index (χ4n) is 3.22. The van der Waals surface area contributed by atoms with E-state index in [0.717, 1.165) is 18.7 Å². The monoisotopic (exact) mass is 368 g/mol. The SMILES string of the molecule is CS(=O)(=O)N1CCCC(NC(=O)N2CCN(c3cnccn3)CC2)C1. The van der Waals surface area contributed by atoms with Gasteiger partial charge in [0, 0.05) is 57.7 Å². The molecule has 0 bridgehead atoms. The van der Waals surface area contributed by atoms with Crippen molar-refractivity contribution in [1.29, 1.82) is 0 Å². The fourth-order valence-corrected chi connectivity index (χ4v) is 4.13. The Kier molecular flexibility index (Phi) is 5.38. The van der Waals surface area contributed by atoms with Crippen molar-refractivity contribution in [2.24, 2.45) is 0 Å². The molecule has 2 amide bonds. The summed E-state index contributed by atoms with van der Waals surface area (Å²) in [5.41, 5.74) is 0. The number of hydrogen-bond donors (Lipinski definition) is 1. The average molecular weight is 368 g/mol. The van der Waals surface area contributed by atoms with Crippen LogP contribution in [0.3, 0.4) is 0 Å². The van der Waals surface area contributed by atoms with Crippen molar-refractivity contribution in [3.8, 4) is 0 Å². The third-order valence-corrected chi connectivity index (χ3v) is 5.89. The number of piperazine rings is 1. The Balaban J connectivity index is 1.50. The summed E-state index contributed by atoms with van der Waals surface area (Å²) in [6.07, 6.45) is 7.79. The minimum absolute atomic E-state index is 0.126. The molecule has 0 saturated carbocycles. The zero-order valence-electron chi connectivity index (χ0n) is 14.3. The third-order valence-electron chi connectivity index (χ3n) is 4.62. The van der Waals surface area contributed by atoms with Crippen LogP contribution in [0.5, 0.6) is 0 Å². The van der Waals surface area contributed by atoms with Gasteiger partial charge in [0.15, 0.2) is 0 Å². The van der Waals surface area contributed by atoms with Gasteiger partial charge < -0.3 is 15.1 Å². The molecule has 138 valence electrons. The van der Waals surface area contributed by atoms with Crippen molar-refractivity contribution in [3.63, 3.8) is 0 Å². The molecule has 2 saturated heterocycles. The summed E-state index contributed by atoms with van der Waals surface area (Å²) in [5, 5.41) is 2.98. The van der Waals surface area contributed by atoms with Gasteiger partial charge in [-0.15, -0.1) is 0 Å². The Hall–Kier alpha value is -1.94. The van der Waals surface area contributed by atoms with E-state index in [1.54, 1.807) is 23.5 Å². The molecule has 1 unspecified atom stereocenters. The van der Waals surface area contributed by atoms with Gasteiger partial charge in [0.25, 0.3) is 0 Å². The normalized spacial score (nSPS) is 22.7. The number of carbonyl (C=O) groups is 1. The summed E-state index contributed by atoms with van der Waals surface area (Å²) in [6, 6.07) is -0.256. The van der Waals surface area contributed by atoms with E-state index in [2.05, 4.69) is 20.2 Å². The number of urea groups is 1. The largest absolute Gasteiger partial charge is 0.352 e. The lowest BCUT2D eigenvalue weighted by molar-refractivity contribution is 0.183. The molecule has 0 aliphatic carbocycles. The second kappa shape index (κ2) is 7.52. The van der Waals surface area contributed by atoms with Crippen LogP contribution in [0.15, 0.2) is 18.6 Å². The van der Waals surface area contributed by atoms with Crippen LogP contribution in [0.2, 0.25) is 0 Å². The van der Waals surface area contributed by atoms with E-state index in [4.69, 9.17) is 0 Å². The topological polar surface area (TPSA) is 98.7 Å². The van der Waals surface area contributed by atoms with Crippen LogP contribution in [-0.2, 0) is 10.0 Å². The van der Waals surface area contributed by atoms with Gasteiger partial charge in [-0.3, -0.25) is 4.98 Å². The van der Waals surface area contributed by atoms with E-state index in [1.807, 2.05) is 0 Å². The number of nitrogens with zero attached hydrogens (tertiary/aromatic N) is 5. The van der Waals surface area contributed by atoms with Crippen molar-refractivity contribution < 1.29 is 13.2 Å². The number of piperidine rings is 1. The van der Waals surface area contributed by atoms with Gasteiger partial charge in [-0.2, -0.15) is 0 Å². The van der Waals surface area contributed by atoms with Gasteiger partial charge in [0.05, 0.1) is 12.5 Å². The average Bonchev–Trinajstić information content (AvgIpc) is 2.62. The second-order valence-electron chi connectivity index (χ2n) is 6.45. The summed E-state index contributed by atoms with van der Waals surface area (Å²) in [4.78, 5) is 24.7. The van der Waals surface area contributed by atoms with E-state index < -0.39 is 10.0 Å². The van der Waals surface area contributed by atoms with E-state index in [9.17, 15) is 13.2 Å². The fraction of sp³-hybridized carbons (Fsp3) is 0.667. The molecule has 1 aromatic heterocycles. The zero-order chi connectivity index (χ0) is 17.9. The second-order valence-corrected chi connectivity index (χ2v) is 8.43. The molecule has 2 fully saturated rings. The highest BCUT2D eigenvalue weighted by atomic mass is 32.2. The predicted octanol–water partition coefficient (Wildman–Crippen LogP) is -0.268. The minimum Gasteiger partial charge on any atom is -0.352 e. The van der Waals surface area contributed by atoms with E-state index in [-0.39, 0.29) is 12.1 Å². The molecule has 2 aliphatic heterocycles. The summed E-state index contributed by atoms with van der Waals surface area (Å²) < 4.78 is 24.8. The maximum absolute atomic E-state index is 12.5. The quantitative estimate of drug-likeness (QED) is 0.789. The highest BCUT2D eigenvalue weighted by Gasteiger charge is 2.29. The Labute approximate surface area is 148 Å². The molecule has 25 heavy (non-hydrogen) atoms. The Morgan fingerprint density at radius 2 is 1.96 bits per heavy atom. The Morgan fingerprint density at radius 3 is 2.60 bits per heavy atom. The Morgan fingerprint density at radius 1 is 1.20 bits per heavy atom. The van der Waals surface area contributed by atoms with Crippen molar-refractivity contribution in [2.45, 2.75) is 18.9 Å². The first-order valence-electron chi connectivity index (χ1n) is 8.45. The summed E-state index contributed by atoms with van der Waals surface area (Å²) in [7, 11) is -3.21. The van der Waals surface area contributed by atoms with Crippen LogP contribution in [0.4, 0.5) is 10.6 Å². The minimum atomic E-state index is -3.21. The molecule has 2 aliphatic rings. The van der Waals surface area contributed by atoms with E-state index >= 15 is 0 Å². The van der Waals surface area contributed by atoms with Gasteiger partial charge in [-0.05, 0) is 12.8 Å². The van der Waals surface area contributed by atoms with E-state index in [0.29, 0.717) is 39.3 Å². The first kappa shape index (κ1) is 17.9. The highest BCUT2D eigenvalue weighted by Crippen LogP contribution is 2.15. The van der Waals surface area contributed by atoms with Crippen molar-refractivity contribution in [2.75, 3.05) is 50.4 Å². The van der Waals surface area contributed by atoms with Gasteiger partial charge in [0.2, 0.25) is 10.0 Å². The first-order chi connectivity index (χ1) is 11.9. The molecule has 9 nitrogen and oxygen atoms in total. The zero-order valence-corrected chi connectivity index (χ0v) is 15.2. The smallest absolute Gasteiger partial charge is 0.317 e. The molecule has 1 aromatic rings. The number of aromatic nitrogens is 2. The number of anilines is 1. The predicted molar refractivity (Wildman–Crippen MR) is 93.8 cm³/mol. The van der Waals surface area contributed by atoms with Crippen molar-refractivity contribution in [1.82, 2.24) is 24.5 Å². The Bertz CT molecular complexity index is 690. The molecule has 0 radical (unpaired) electrons. The maximum Gasteiger partial charge on any atom is 0.317 e. The summed E-state index contributed by atoms with van der Waals surface area (Å²) in [5.74, 6) is 0.818. The lowest BCUT2D eigenvalue weighted by atomic mass is 10.1. The lowest BCUT2D eigenvalue weighted by Gasteiger charge is -2.37. The van der Waals surface area contributed by atoms with Crippen LogP contribution in [-0.4, -0.2) is 85.2 Å². The van der Waals surface area contributed by atoms with Crippen LogP contribution in [0.1, 0.15) is 12.8 Å². The summed E-state index contributed by atoms with van der Waals surface area (Å²) in [6.45, 7) is 3.49. The van der Waals surface area contributed by atoms with Crippen molar-refractivity contribution in [3.05, 3.63) is 18.6 Å². The number of sulfonamides is 1. The molecule has 0 aromatic carbocycles. The van der Waals surface area contributed by atoms with Gasteiger partial charge in [0.1, 0.15) is 5.82 Å². The number of carbonyl (C=O) groups excluding carboxylic acids is 1. The van der Waals surface area contributed by atoms with Gasteiger partial charge in [-0.25, -0.2) is 22.5 Å². The molecule has 0 spiro atoms. The maximum atomic E-state index is 12.5. The van der Waals surface area contributed by atoms with Gasteiger partial charge >= 0.3 is 6.03 Å². The number of hydrogen-bond acceptors (Lipinski definition) is 6. The molecule has 3 rings (SSSR count). The first-order valence-corrected chi connectivity index (χ1v) is 10.3. The lowest BCUT2D eigenvalue weighted by Crippen LogP contribution is -2.56. The number of nitrogens with one attached hydrogen (secondary N) is 1. The molecule has 1 N–H and O–H groups in total. The van der Waals surface area contributed by atoms with Gasteiger partial charge in [-0.1, -0.05) is 0 Å². The summed E-state index contributed by atoms with van der Waals surface area (Å²) >= 11 is 0.